The smallest absolute Gasteiger partial charge is 0.400 e. The molecule has 0 aliphatic carbocycles. The summed E-state index contributed by atoms with van der Waals surface area (Å²) in [5, 5.41) is 9.02. The van der Waals surface area contributed by atoms with Gasteiger partial charge in [0.1, 0.15) is 11.1 Å². The lowest BCUT2D eigenvalue weighted by Gasteiger charge is -2.02. The molecule has 94 valence electrons. The largest absolute Gasteiger partial charge is 0.478 e. The van der Waals surface area contributed by atoms with Gasteiger partial charge in [0.25, 0.3) is 0 Å². The topological polar surface area (TPSA) is 85.5 Å². The first-order chi connectivity index (χ1) is 9.24. The molecule has 1 N–H and O–H groups in total. The lowest BCUT2D eigenvalue weighted by atomic mass is 10.2. The van der Waals surface area contributed by atoms with Gasteiger partial charge in [-0.3, -0.25) is 4.98 Å². The number of hydrogen-bond acceptors (Lipinski definition) is 5. The molecule has 0 aliphatic rings. The highest BCUT2D eigenvalue weighted by Gasteiger charge is 2.14. The van der Waals surface area contributed by atoms with Crippen molar-refractivity contribution in [2.75, 3.05) is 0 Å². The molecule has 6 nitrogen and oxygen atoms in total. The van der Waals surface area contributed by atoms with Gasteiger partial charge in [0.05, 0.1) is 6.20 Å². The molecule has 3 aromatic rings. The van der Waals surface area contributed by atoms with Gasteiger partial charge in [0, 0.05) is 6.20 Å². The van der Waals surface area contributed by atoms with Crippen molar-refractivity contribution in [1.82, 2.24) is 9.97 Å². The first-order valence-electron chi connectivity index (χ1n) is 5.45. The zero-order valence-corrected chi connectivity index (χ0v) is 9.61. The van der Waals surface area contributed by atoms with Crippen LogP contribution in [0.2, 0.25) is 0 Å². The zero-order chi connectivity index (χ0) is 13.2. The number of pyridine rings is 1. The van der Waals surface area contributed by atoms with Crippen LogP contribution in [0.15, 0.2) is 47.1 Å². The molecule has 0 saturated carbocycles. The van der Waals surface area contributed by atoms with Gasteiger partial charge >= 0.3 is 12.0 Å². The second-order valence-corrected chi connectivity index (χ2v) is 3.73. The maximum Gasteiger partial charge on any atom is 0.400 e. The Bertz CT molecular complexity index is 718. The molecule has 0 radical (unpaired) electrons. The van der Waals surface area contributed by atoms with E-state index in [2.05, 4.69) is 9.97 Å². The van der Waals surface area contributed by atoms with E-state index in [1.807, 2.05) is 12.1 Å². The number of carboxylic acids is 1. The molecule has 6 heteroatoms. The van der Waals surface area contributed by atoms with Gasteiger partial charge in [-0.15, -0.1) is 0 Å². The van der Waals surface area contributed by atoms with Crippen molar-refractivity contribution in [2.45, 2.75) is 0 Å². The molecule has 2 aromatic heterocycles. The molecule has 0 atom stereocenters. The van der Waals surface area contributed by atoms with Crippen LogP contribution >= 0.6 is 0 Å². The number of nitrogens with zero attached hydrogens (tertiary/aromatic N) is 2. The molecular weight excluding hydrogens is 248 g/mol. The van der Waals surface area contributed by atoms with E-state index < -0.39 is 5.97 Å². The lowest BCUT2D eigenvalue weighted by Crippen LogP contribution is -2.00. The Kier molecular flexibility index (Phi) is 2.60. The van der Waals surface area contributed by atoms with Crippen LogP contribution in [0.4, 0.5) is 0 Å². The Balaban J connectivity index is 1.99. The Morgan fingerprint density at radius 2 is 2.11 bits per heavy atom. The summed E-state index contributed by atoms with van der Waals surface area (Å²) in [4.78, 5) is 18.9. The minimum absolute atomic E-state index is 0.00254. The highest BCUT2D eigenvalue weighted by atomic mass is 16.6. The first kappa shape index (κ1) is 11.2. The second-order valence-electron chi connectivity index (χ2n) is 3.73. The fourth-order valence-electron chi connectivity index (χ4n) is 1.63. The summed E-state index contributed by atoms with van der Waals surface area (Å²) in [7, 11) is 0. The van der Waals surface area contributed by atoms with Gasteiger partial charge in [0.15, 0.2) is 11.3 Å². The summed E-state index contributed by atoms with van der Waals surface area (Å²) >= 11 is 0. The summed E-state index contributed by atoms with van der Waals surface area (Å²) < 4.78 is 10.7. The normalized spacial score (nSPS) is 10.5. The highest BCUT2D eigenvalue weighted by molar-refractivity contribution is 5.90. The maximum atomic E-state index is 11.0. The molecule has 3 rings (SSSR count). The quantitative estimate of drug-likeness (QED) is 0.775. The summed E-state index contributed by atoms with van der Waals surface area (Å²) in [5.41, 5.74) is 1.20. The van der Waals surface area contributed by atoms with Crippen LogP contribution in [0.5, 0.6) is 11.8 Å². The Labute approximate surface area is 107 Å². The van der Waals surface area contributed by atoms with E-state index in [-0.39, 0.29) is 17.4 Å². The third kappa shape index (κ3) is 2.11. The second kappa shape index (κ2) is 4.41. The predicted octanol–water partition coefficient (Wildman–Crippen LogP) is 2.71. The number of aromatic nitrogens is 2. The number of benzene rings is 1. The van der Waals surface area contributed by atoms with E-state index in [9.17, 15) is 4.79 Å². The van der Waals surface area contributed by atoms with Crippen LogP contribution < -0.4 is 4.74 Å². The van der Waals surface area contributed by atoms with E-state index >= 15 is 0 Å². The Morgan fingerprint density at radius 1 is 1.26 bits per heavy atom. The van der Waals surface area contributed by atoms with Gasteiger partial charge in [-0.2, -0.15) is 4.98 Å². The molecule has 0 amide bonds. The van der Waals surface area contributed by atoms with Gasteiger partial charge < -0.3 is 14.3 Å². The first-order valence-corrected chi connectivity index (χ1v) is 5.45. The number of aromatic carboxylic acids is 1. The van der Waals surface area contributed by atoms with Gasteiger partial charge in [-0.05, 0) is 18.2 Å². The third-order valence-corrected chi connectivity index (χ3v) is 2.49. The van der Waals surface area contributed by atoms with Crippen LogP contribution in [0.3, 0.4) is 0 Å². The van der Waals surface area contributed by atoms with Crippen LogP contribution in [0, 0.1) is 0 Å². The van der Waals surface area contributed by atoms with Gasteiger partial charge in [-0.25, -0.2) is 4.79 Å². The highest BCUT2D eigenvalue weighted by Crippen LogP contribution is 2.26. The maximum absolute atomic E-state index is 11.0. The molecule has 19 heavy (non-hydrogen) atoms. The number of carbonyl (C=O) groups is 1. The van der Waals surface area contributed by atoms with E-state index in [4.69, 9.17) is 14.3 Å². The Morgan fingerprint density at radius 3 is 2.89 bits per heavy atom. The molecule has 1 aromatic carbocycles. The minimum Gasteiger partial charge on any atom is -0.478 e. The molecule has 0 spiro atoms. The number of hydrogen-bond donors (Lipinski definition) is 1. The van der Waals surface area contributed by atoms with Crippen molar-refractivity contribution in [1.29, 1.82) is 0 Å². The van der Waals surface area contributed by atoms with E-state index in [1.165, 1.54) is 18.5 Å². The Hall–Kier alpha value is -2.89. The number of para-hydroxylation sites is 2. The number of oxazole rings is 1. The van der Waals surface area contributed by atoms with Gasteiger partial charge in [-0.1, -0.05) is 12.1 Å². The van der Waals surface area contributed by atoms with Crippen molar-refractivity contribution in [3.63, 3.8) is 0 Å². The molecule has 0 bridgehead atoms. The molecular formula is C13H8N2O4. The summed E-state index contributed by atoms with van der Waals surface area (Å²) in [5.74, 6) is -1.02. The van der Waals surface area contributed by atoms with E-state index in [0.717, 1.165) is 0 Å². The number of ether oxygens (including phenoxy) is 1. The summed E-state index contributed by atoms with van der Waals surface area (Å²) in [6.45, 7) is 0. The molecule has 0 saturated heterocycles. The van der Waals surface area contributed by atoms with Crippen molar-refractivity contribution >= 4 is 17.1 Å². The van der Waals surface area contributed by atoms with E-state index in [1.54, 1.807) is 12.1 Å². The predicted molar refractivity (Wildman–Crippen MR) is 65.3 cm³/mol. The van der Waals surface area contributed by atoms with Crippen LogP contribution in [-0.4, -0.2) is 21.0 Å². The van der Waals surface area contributed by atoms with Crippen molar-refractivity contribution in [2.24, 2.45) is 0 Å². The molecule has 0 fully saturated rings. The lowest BCUT2D eigenvalue weighted by molar-refractivity contribution is 0.0693. The number of carboxylic acid groups (broad SMARTS) is 1. The minimum atomic E-state index is -1.10. The standard InChI is InChI=1S/C13H8N2O4/c16-12(17)8-5-6-14-7-11(8)19-13-15-9-3-1-2-4-10(9)18-13/h1-7H,(H,16,17). The zero-order valence-electron chi connectivity index (χ0n) is 9.61. The number of fused-ring (bicyclic) bond motifs is 1. The number of rotatable bonds is 3. The van der Waals surface area contributed by atoms with Crippen molar-refractivity contribution in [3.05, 3.63) is 48.3 Å². The average molecular weight is 256 g/mol. The average Bonchev–Trinajstić information content (AvgIpc) is 2.81. The van der Waals surface area contributed by atoms with Crippen LogP contribution in [0.25, 0.3) is 11.1 Å². The van der Waals surface area contributed by atoms with Gasteiger partial charge in [0.2, 0.25) is 0 Å². The van der Waals surface area contributed by atoms with Crippen molar-refractivity contribution in [3.8, 4) is 11.8 Å². The summed E-state index contributed by atoms with van der Waals surface area (Å²) in [6.07, 6.45) is 2.66. The molecule has 0 unspecified atom stereocenters. The summed E-state index contributed by atoms with van der Waals surface area (Å²) in [6, 6.07) is 8.50. The monoisotopic (exact) mass is 256 g/mol. The molecule has 2 heterocycles. The van der Waals surface area contributed by atoms with E-state index in [0.29, 0.717) is 11.1 Å². The fourth-order valence-corrected chi connectivity index (χ4v) is 1.63. The third-order valence-electron chi connectivity index (χ3n) is 2.49. The van der Waals surface area contributed by atoms with Crippen LogP contribution in [0.1, 0.15) is 10.4 Å². The SMILES string of the molecule is O=C(O)c1ccncc1Oc1nc2ccccc2o1. The van der Waals surface area contributed by atoms with Crippen molar-refractivity contribution < 1.29 is 19.1 Å². The van der Waals surface area contributed by atoms with Crippen LogP contribution in [-0.2, 0) is 0 Å². The fraction of sp³-hybridized carbons (Fsp3) is 0. The molecule has 0 aliphatic heterocycles.